The van der Waals surface area contributed by atoms with E-state index in [2.05, 4.69) is 65.6 Å². The number of aliphatic hydroxyl groups excluding tert-OH is 1. The summed E-state index contributed by atoms with van der Waals surface area (Å²) in [4.78, 5) is 0. The quantitative estimate of drug-likeness (QED) is 0.480. The first-order valence-corrected chi connectivity index (χ1v) is 9.87. The van der Waals surface area contributed by atoms with Crippen LogP contribution < -0.4 is 0 Å². The second kappa shape index (κ2) is 7.28. The highest BCUT2D eigenvalue weighted by Gasteiger charge is 2.40. The Balaban J connectivity index is 5.20. The average molecular weight is 282 g/mol. The Morgan fingerprint density at radius 1 is 1.37 bits per heavy atom. The van der Waals surface area contributed by atoms with Crippen molar-refractivity contribution >= 4 is 8.32 Å². The maximum atomic E-state index is 8.83. The summed E-state index contributed by atoms with van der Waals surface area (Å²) in [7, 11) is -1.82. The number of hydrogen-bond donors (Lipinski definition) is 1. The zero-order valence-corrected chi connectivity index (χ0v) is 14.8. The Morgan fingerprint density at radius 3 is 2.26 bits per heavy atom. The SMILES string of the molecule is C/C=C(\C)[C@H](O[Si](C)(C)C(C)(C)C)[C@@H](C)C#CCO. The van der Waals surface area contributed by atoms with Crippen LogP contribution in [0.1, 0.15) is 41.5 Å². The molecule has 2 atom stereocenters. The van der Waals surface area contributed by atoms with Gasteiger partial charge in [-0.1, -0.05) is 38.7 Å². The van der Waals surface area contributed by atoms with Gasteiger partial charge in [0.25, 0.3) is 0 Å². The van der Waals surface area contributed by atoms with Crippen LogP contribution in [0.2, 0.25) is 18.1 Å². The Hall–Kier alpha value is -0.563. The largest absolute Gasteiger partial charge is 0.409 e. The molecule has 0 saturated heterocycles. The van der Waals surface area contributed by atoms with Gasteiger partial charge in [-0.2, -0.15) is 0 Å². The lowest BCUT2D eigenvalue weighted by atomic mass is 9.99. The number of aliphatic hydroxyl groups is 1. The molecule has 0 heterocycles. The lowest BCUT2D eigenvalue weighted by molar-refractivity contribution is 0.182. The summed E-state index contributed by atoms with van der Waals surface area (Å²) < 4.78 is 6.50. The van der Waals surface area contributed by atoms with Crippen LogP contribution in [0, 0.1) is 17.8 Å². The molecule has 0 aromatic heterocycles. The van der Waals surface area contributed by atoms with Crippen molar-refractivity contribution in [1.82, 2.24) is 0 Å². The maximum Gasteiger partial charge on any atom is 0.192 e. The zero-order chi connectivity index (χ0) is 15.3. The van der Waals surface area contributed by atoms with E-state index in [1.807, 2.05) is 6.92 Å². The second-order valence-electron chi connectivity index (χ2n) is 6.60. The van der Waals surface area contributed by atoms with E-state index < -0.39 is 8.32 Å². The van der Waals surface area contributed by atoms with Crippen molar-refractivity contribution in [3.63, 3.8) is 0 Å². The van der Waals surface area contributed by atoms with Gasteiger partial charge in [-0.3, -0.25) is 0 Å². The molecular formula is C16H30O2Si. The Labute approximate surface area is 120 Å². The highest BCUT2D eigenvalue weighted by molar-refractivity contribution is 6.74. The molecule has 0 radical (unpaired) electrons. The summed E-state index contributed by atoms with van der Waals surface area (Å²) in [5.74, 6) is 5.92. The van der Waals surface area contributed by atoms with E-state index in [4.69, 9.17) is 9.53 Å². The predicted octanol–water partition coefficient (Wildman–Crippen LogP) is 3.97. The molecule has 0 amide bonds. The van der Waals surface area contributed by atoms with Crippen molar-refractivity contribution in [3.05, 3.63) is 11.6 Å². The first-order chi connectivity index (χ1) is 8.56. The van der Waals surface area contributed by atoms with Gasteiger partial charge in [0.15, 0.2) is 8.32 Å². The Kier molecular flexibility index (Phi) is 7.07. The van der Waals surface area contributed by atoms with Crippen molar-refractivity contribution in [2.75, 3.05) is 6.61 Å². The third-order valence-corrected chi connectivity index (χ3v) is 8.45. The molecule has 110 valence electrons. The number of allylic oxidation sites excluding steroid dienone is 1. The van der Waals surface area contributed by atoms with Crippen molar-refractivity contribution in [2.45, 2.75) is 65.8 Å². The number of rotatable bonds is 4. The van der Waals surface area contributed by atoms with Gasteiger partial charge in [0.05, 0.1) is 6.10 Å². The Morgan fingerprint density at radius 2 is 1.89 bits per heavy atom. The minimum atomic E-state index is -1.82. The van der Waals surface area contributed by atoms with E-state index in [1.165, 1.54) is 5.57 Å². The van der Waals surface area contributed by atoms with Gasteiger partial charge in [0.1, 0.15) is 6.61 Å². The molecule has 0 spiro atoms. The molecule has 0 unspecified atom stereocenters. The highest BCUT2D eigenvalue weighted by atomic mass is 28.4. The van der Waals surface area contributed by atoms with Gasteiger partial charge < -0.3 is 9.53 Å². The van der Waals surface area contributed by atoms with Crippen LogP contribution in [0.3, 0.4) is 0 Å². The van der Waals surface area contributed by atoms with E-state index in [1.54, 1.807) is 0 Å². The summed E-state index contributed by atoms with van der Waals surface area (Å²) in [6.07, 6.45) is 2.11. The first-order valence-electron chi connectivity index (χ1n) is 6.96. The van der Waals surface area contributed by atoms with Crippen LogP contribution in [0.15, 0.2) is 11.6 Å². The molecule has 3 heteroatoms. The van der Waals surface area contributed by atoms with Crippen LogP contribution in [0.4, 0.5) is 0 Å². The molecule has 19 heavy (non-hydrogen) atoms. The smallest absolute Gasteiger partial charge is 0.192 e. The molecule has 0 rings (SSSR count). The van der Waals surface area contributed by atoms with Gasteiger partial charge in [-0.25, -0.2) is 0 Å². The molecule has 0 aliphatic carbocycles. The van der Waals surface area contributed by atoms with E-state index in [0.717, 1.165) is 0 Å². The molecule has 1 N–H and O–H groups in total. The monoisotopic (exact) mass is 282 g/mol. The fourth-order valence-corrected chi connectivity index (χ4v) is 2.91. The summed E-state index contributed by atoms with van der Waals surface area (Å²) in [5.41, 5.74) is 1.21. The fraction of sp³-hybridized carbons (Fsp3) is 0.750. The standard InChI is InChI=1S/C16H30O2Si/c1-9-13(2)15(14(3)11-10-12-17)18-19(7,8)16(4,5)6/h9,14-15,17H,12H2,1-8H3/b13-9+/t14-,15-/m0/s1. The van der Waals surface area contributed by atoms with E-state index >= 15 is 0 Å². The topological polar surface area (TPSA) is 29.5 Å². The highest BCUT2D eigenvalue weighted by Crippen LogP contribution is 2.39. The van der Waals surface area contributed by atoms with Gasteiger partial charge in [0, 0.05) is 5.92 Å². The van der Waals surface area contributed by atoms with Crippen LogP contribution in [-0.2, 0) is 4.43 Å². The van der Waals surface area contributed by atoms with Crippen molar-refractivity contribution in [1.29, 1.82) is 0 Å². The predicted molar refractivity (Wildman–Crippen MR) is 85.5 cm³/mol. The minimum Gasteiger partial charge on any atom is -0.409 e. The normalized spacial score (nSPS) is 16.6. The van der Waals surface area contributed by atoms with Crippen LogP contribution >= 0.6 is 0 Å². The van der Waals surface area contributed by atoms with Gasteiger partial charge in [-0.05, 0) is 44.5 Å². The van der Waals surface area contributed by atoms with E-state index in [9.17, 15) is 0 Å². The van der Waals surface area contributed by atoms with Crippen molar-refractivity contribution in [2.24, 2.45) is 5.92 Å². The van der Waals surface area contributed by atoms with Crippen LogP contribution in [0.5, 0.6) is 0 Å². The second-order valence-corrected chi connectivity index (χ2v) is 11.4. The van der Waals surface area contributed by atoms with Crippen LogP contribution in [0.25, 0.3) is 0 Å². The molecule has 2 nitrogen and oxygen atoms in total. The van der Waals surface area contributed by atoms with Crippen molar-refractivity contribution in [3.8, 4) is 11.8 Å². The molecule has 0 bridgehead atoms. The summed E-state index contributed by atoms with van der Waals surface area (Å²) >= 11 is 0. The summed E-state index contributed by atoms with van der Waals surface area (Å²) in [6, 6.07) is 0. The Bertz CT molecular complexity index is 366. The molecule has 0 aromatic carbocycles. The molecule has 0 aromatic rings. The van der Waals surface area contributed by atoms with Gasteiger partial charge in [-0.15, -0.1) is 0 Å². The van der Waals surface area contributed by atoms with Crippen LogP contribution in [-0.4, -0.2) is 26.1 Å². The van der Waals surface area contributed by atoms with E-state index in [-0.39, 0.29) is 23.7 Å². The summed E-state index contributed by atoms with van der Waals surface area (Å²) in [5, 5.41) is 9.02. The number of hydrogen-bond acceptors (Lipinski definition) is 2. The lowest BCUT2D eigenvalue weighted by Crippen LogP contribution is -2.45. The fourth-order valence-electron chi connectivity index (χ4n) is 1.53. The molecule has 0 fully saturated rings. The first kappa shape index (κ1) is 18.4. The molecular weight excluding hydrogens is 252 g/mol. The molecule has 0 saturated carbocycles. The molecule has 0 aliphatic rings. The average Bonchev–Trinajstić information content (AvgIpc) is 2.30. The third kappa shape index (κ3) is 5.52. The minimum absolute atomic E-state index is 0.0185. The van der Waals surface area contributed by atoms with Gasteiger partial charge >= 0.3 is 0 Å². The molecule has 0 aliphatic heterocycles. The third-order valence-electron chi connectivity index (χ3n) is 3.99. The zero-order valence-electron chi connectivity index (χ0n) is 13.8. The van der Waals surface area contributed by atoms with E-state index in [0.29, 0.717) is 0 Å². The lowest BCUT2D eigenvalue weighted by Gasteiger charge is -2.40. The summed E-state index contributed by atoms with van der Waals surface area (Å²) in [6.45, 7) is 17.3. The maximum absolute atomic E-state index is 8.83. The van der Waals surface area contributed by atoms with Crippen molar-refractivity contribution < 1.29 is 9.53 Å². The van der Waals surface area contributed by atoms with Gasteiger partial charge in [0.2, 0.25) is 0 Å².